The monoisotopic (exact) mass is 286 g/mol. The first-order valence-electron chi connectivity index (χ1n) is 6.76. The number of aliphatic hydroxyl groups is 1. The van der Waals surface area contributed by atoms with E-state index in [2.05, 4.69) is 5.32 Å². The fraction of sp³-hybridized carbons (Fsp3) is 0.250. The number of nitro groups is 1. The van der Waals surface area contributed by atoms with Gasteiger partial charge in [0.1, 0.15) is 0 Å². The van der Waals surface area contributed by atoms with Crippen molar-refractivity contribution in [3.63, 3.8) is 0 Å². The Morgan fingerprint density at radius 2 is 1.86 bits per heavy atom. The maximum absolute atomic E-state index is 10.8. The summed E-state index contributed by atoms with van der Waals surface area (Å²) in [6.45, 7) is 2.68. The average Bonchev–Trinajstić information content (AvgIpc) is 2.53. The first-order valence-corrected chi connectivity index (χ1v) is 6.76. The molecule has 0 bridgehead atoms. The molecule has 0 amide bonds. The van der Waals surface area contributed by atoms with Crippen LogP contribution in [0.25, 0.3) is 0 Å². The van der Waals surface area contributed by atoms with E-state index in [1.165, 1.54) is 6.07 Å². The van der Waals surface area contributed by atoms with Crippen LogP contribution in [0.15, 0.2) is 48.5 Å². The Hall–Kier alpha value is -2.24. The Balaban J connectivity index is 1.99. The van der Waals surface area contributed by atoms with Crippen molar-refractivity contribution in [1.29, 1.82) is 0 Å². The molecular formula is C16H18N2O3. The molecule has 21 heavy (non-hydrogen) atoms. The minimum atomic E-state index is -0.385. The molecule has 1 atom stereocenters. The standard InChI is InChI=1S/C16H18N2O3/c1-12(15-3-2-4-16(9-15)18(20)21)17-10-13-5-7-14(11-19)8-6-13/h2-9,12,17,19H,10-11H2,1H3. The van der Waals surface area contributed by atoms with E-state index in [-0.39, 0.29) is 23.3 Å². The van der Waals surface area contributed by atoms with Crippen molar-refractivity contribution in [2.75, 3.05) is 0 Å². The summed E-state index contributed by atoms with van der Waals surface area (Å²) in [7, 11) is 0. The molecule has 2 rings (SSSR count). The quantitative estimate of drug-likeness (QED) is 0.632. The van der Waals surface area contributed by atoms with E-state index in [1.54, 1.807) is 12.1 Å². The van der Waals surface area contributed by atoms with Gasteiger partial charge in [-0.3, -0.25) is 10.1 Å². The van der Waals surface area contributed by atoms with Crippen molar-refractivity contribution in [2.45, 2.75) is 26.1 Å². The second-order valence-corrected chi connectivity index (χ2v) is 4.93. The maximum Gasteiger partial charge on any atom is 0.269 e. The topological polar surface area (TPSA) is 75.4 Å². The van der Waals surface area contributed by atoms with Crippen LogP contribution in [0.4, 0.5) is 5.69 Å². The summed E-state index contributed by atoms with van der Waals surface area (Å²) in [5, 5.41) is 23.1. The smallest absolute Gasteiger partial charge is 0.269 e. The maximum atomic E-state index is 10.8. The number of hydrogen-bond donors (Lipinski definition) is 2. The molecule has 5 heteroatoms. The number of hydrogen-bond acceptors (Lipinski definition) is 4. The SMILES string of the molecule is CC(NCc1ccc(CO)cc1)c1cccc([N+](=O)[O-])c1. The van der Waals surface area contributed by atoms with E-state index in [0.717, 1.165) is 16.7 Å². The van der Waals surface area contributed by atoms with Crippen LogP contribution < -0.4 is 5.32 Å². The molecule has 0 aromatic heterocycles. The summed E-state index contributed by atoms with van der Waals surface area (Å²) in [5.74, 6) is 0. The predicted octanol–water partition coefficient (Wildman–Crippen LogP) is 2.94. The molecule has 0 radical (unpaired) electrons. The van der Waals surface area contributed by atoms with Crippen molar-refractivity contribution in [1.82, 2.24) is 5.32 Å². The van der Waals surface area contributed by atoms with Crippen LogP contribution in [0.5, 0.6) is 0 Å². The normalized spacial score (nSPS) is 12.1. The van der Waals surface area contributed by atoms with E-state index >= 15 is 0 Å². The van der Waals surface area contributed by atoms with Crippen LogP contribution in [0.2, 0.25) is 0 Å². The second kappa shape index (κ2) is 6.97. The van der Waals surface area contributed by atoms with Gasteiger partial charge in [-0.25, -0.2) is 0 Å². The zero-order valence-corrected chi connectivity index (χ0v) is 11.8. The van der Waals surface area contributed by atoms with Crippen molar-refractivity contribution in [2.24, 2.45) is 0 Å². The minimum absolute atomic E-state index is 0.0161. The van der Waals surface area contributed by atoms with E-state index in [4.69, 9.17) is 5.11 Å². The fourth-order valence-corrected chi connectivity index (χ4v) is 2.06. The molecule has 2 aromatic rings. The zero-order chi connectivity index (χ0) is 15.2. The molecular weight excluding hydrogens is 268 g/mol. The van der Waals surface area contributed by atoms with Gasteiger partial charge in [-0.2, -0.15) is 0 Å². The van der Waals surface area contributed by atoms with Crippen LogP contribution in [0, 0.1) is 10.1 Å². The molecule has 2 N–H and O–H groups in total. The average molecular weight is 286 g/mol. The van der Waals surface area contributed by atoms with E-state index < -0.39 is 0 Å². The molecule has 1 unspecified atom stereocenters. The van der Waals surface area contributed by atoms with Gasteiger partial charge in [0.15, 0.2) is 0 Å². The summed E-state index contributed by atoms with van der Waals surface area (Å²) in [4.78, 5) is 10.4. The lowest BCUT2D eigenvalue weighted by Gasteiger charge is -2.14. The highest BCUT2D eigenvalue weighted by molar-refractivity contribution is 5.35. The van der Waals surface area contributed by atoms with Crippen LogP contribution >= 0.6 is 0 Å². The molecule has 2 aromatic carbocycles. The predicted molar refractivity (Wildman–Crippen MR) is 80.7 cm³/mol. The summed E-state index contributed by atoms with van der Waals surface area (Å²) >= 11 is 0. The number of aliphatic hydroxyl groups excluding tert-OH is 1. The van der Waals surface area contributed by atoms with Crippen molar-refractivity contribution < 1.29 is 10.0 Å². The van der Waals surface area contributed by atoms with E-state index in [9.17, 15) is 10.1 Å². The number of nitrogens with one attached hydrogen (secondary N) is 1. The fourth-order valence-electron chi connectivity index (χ4n) is 2.06. The molecule has 110 valence electrons. The molecule has 0 saturated carbocycles. The number of nitrogens with zero attached hydrogens (tertiary/aromatic N) is 1. The largest absolute Gasteiger partial charge is 0.392 e. The highest BCUT2D eigenvalue weighted by Crippen LogP contribution is 2.19. The molecule has 5 nitrogen and oxygen atoms in total. The van der Waals surface area contributed by atoms with Gasteiger partial charge in [-0.15, -0.1) is 0 Å². The summed E-state index contributed by atoms with van der Waals surface area (Å²) < 4.78 is 0. The van der Waals surface area contributed by atoms with Gasteiger partial charge >= 0.3 is 0 Å². The van der Waals surface area contributed by atoms with Crippen LogP contribution in [-0.2, 0) is 13.2 Å². The molecule has 0 aliphatic carbocycles. The third kappa shape index (κ3) is 4.11. The molecule has 0 fully saturated rings. The van der Waals surface area contributed by atoms with Gasteiger partial charge in [-0.1, -0.05) is 36.4 Å². The Kier molecular flexibility index (Phi) is 5.03. The van der Waals surface area contributed by atoms with E-state index in [0.29, 0.717) is 6.54 Å². The number of nitro benzene ring substituents is 1. The van der Waals surface area contributed by atoms with Crippen LogP contribution in [0.3, 0.4) is 0 Å². The molecule has 0 heterocycles. The lowest BCUT2D eigenvalue weighted by Crippen LogP contribution is -2.18. The Morgan fingerprint density at radius 3 is 2.48 bits per heavy atom. The van der Waals surface area contributed by atoms with Gasteiger partial charge in [0, 0.05) is 24.7 Å². The molecule has 0 spiro atoms. The molecule has 0 saturated heterocycles. The van der Waals surface area contributed by atoms with Crippen LogP contribution in [-0.4, -0.2) is 10.0 Å². The first-order chi connectivity index (χ1) is 10.1. The van der Waals surface area contributed by atoms with Gasteiger partial charge < -0.3 is 10.4 Å². The number of rotatable bonds is 6. The van der Waals surface area contributed by atoms with Gasteiger partial charge in [-0.05, 0) is 23.6 Å². The highest BCUT2D eigenvalue weighted by atomic mass is 16.6. The summed E-state index contributed by atoms with van der Waals surface area (Å²) in [5.41, 5.74) is 2.97. The first kappa shape index (κ1) is 15.2. The van der Waals surface area contributed by atoms with Crippen molar-refractivity contribution in [3.8, 4) is 0 Å². The van der Waals surface area contributed by atoms with Gasteiger partial charge in [0.25, 0.3) is 5.69 Å². The van der Waals surface area contributed by atoms with Crippen molar-refractivity contribution >= 4 is 5.69 Å². The van der Waals surface area contributed by atoms with Gasteiger partial charge in [0.2, 0.25) is 0 Å². The third-order valence-corrected chi connectivity index (χ3v) is 3.40. The molecule has 0 aliphatic rings. The Labute approximate surface area is 123 Å². The second-order valence-electron chi connectivity index (χ2n) is 4.93. The number of non-ortho nitro benzene ring substituents is 1. The Bertz CT molecular complexity index is 611. The van der Waals surface area contributed by atoms with Gasteiger partial charge in [0.05, 0.1) is 11.5 Å². The highest BCUT2D eigenvalue weighted by Gasteiger charge is 2.10. The minimum Gasteiger partial charge on any atom is -0.392 e. The third-order valence-electron chi connectivity index (χ3n) is 3.40. The lowest BCUT2D eigenvalue weighted by atomic mass is 10.1. The Morgan fingerprint density at radius 1 is 1.19 bits per heavy atom. The molecule has 0 aliphatic heterocycles. The summed E-state index contributed by atoms with van der Waals surface area (Å²) in [6.07, 6.45) is 0. The van der Waals surface area contributed by atoms with E-state index in [1.807, 2.05) is 37.3 Å². The van der Waals surface area contributed by atoms with Crippen molar-refractivity contribution in [3.05, 3.63) is 75.3 Å². The number of benzene rings is 2. The lowest BCUT2D eigenvalue weighted by molar-refractivity contribution is -0.384. The summed E-state index contributed by atoms with van der Waals surface area (Å²) in [6, 6.07) is 14.3. The van der Waals surface area contributed by atoms with Crippen LogP contribution in [0.1, 0.15) is 29.7 Å². The zero-order valence-electron chi connectivity index (χ0n) is 11.8.